The molecule has 0 aliphatic rings. The van der Waals surface area contributed by atoms with Crippen LogP contribution in [0.2, 0.25) is 0 Å². The van der Waals surface area contributed by atoms with E-state index in [-0.39, 0.29) is 12.8 Å². The summed E-state index contributed by atoms with van der Waals surface area (Å²) in [6.07, 6.45) is -3.85. The molecule has 5 atom stereocenters. The Labute approximate surface area is 193 Å². The number of aliphatic carboxylic acids is 2. The van der Waals surface area contributed by atoms with Crippen molar-refractivity contribution in [3.8, 4) is 0 Å². The standard InChI is InChI=1S/C18H30N6O10/c1-7(25)14(21)17(32)22-8(3-5-13(28)29)15(30)24-10(6-12(20)27)16(31)23-9(18(33)34)2-4-11(19)26/h7-10,14,25H,2-6,21H2,1H3,(H2,19,26)(H2,20,27)(H,22,32)(H,23,31)(H,24,30)(H,28,29)(H,33,34). The van der Waals surface area contributed by atoms with Crippen molar-refractivity contribution in [1.82, 2.24) is 16.0 Å². The maximum absolute atomic E-state index is 12.7. The number of amides is 5. The largest absolute Gasteiger partial charge is 0.481 e. The van der Waals surface area contributed by atoms with Gasteiger partial charge in [-0.1, -0.05) is 0 Å². The summed E-state index contributed by atoms with van der Waals surface area (Å²) in [5.41, 5.74) is 15.5. The van der Waals surface area contributed by atoms with Crippen molar-refractivity contribution in [2.45, 2.75) is 69.3 Å². The molecule has 0 fully saturated rings. The third-order valence-corrected chi connectivity index (χ3v) is 4.43. The predicted octanol–water partition coefficient (Wildman–Crippen LogP) is -4.76. The first kappa shape index (κ1) is 30.2. The molecule has 16 heteroatoms. The molecule has 0 aromatic carbocycles. The monoisotopic (exact) mass is 490 g/mol. The lowest BCUT2D eigenvalue weighted by Crippen LogP contribution is -2.58. The Balaban J connectivity index is 5.59. The number of aliphatic hydroxyl groups excluding tert-OH is 1. The maximum atomic E-state index is 12.7. The Morgan fingerprint density at radius 2 is 1.21 bits per heavy atom. The van der Waals surface area contributed by atoms with Crippen molar-refractivity contribution >= 4 is 41.5 Å². The van der Waals surface area contributed by atoms with E-state index < -0.39 is 91.0 Å². The second-order valence-corrected chi connectivity index (χ2v) is 7.40. The molecule has 16 nitrogen and oxygen atoms in total. The quantitative estimate of drug-likeness (QED) is 0.0988. The fourth-order valence-electron chi connectivity index (χ4n) is 2.52. The Kier molecular flexibility index (Phi) is 12.8. The number of nitrogens with two attached hydrogens (primary N) is 3. The Bertz CT molecular complexity index is 802. The first-order chi connectivity index (χ1) is 15.6. The molecule has 0 aliphatic heterocycles. The van der Waals surface area contributed by atoms with Crippen LogP contribution >= 0.6 is 0 Å². The molecule has 192 valence electrons. The summed E-state index contributed by atoms with van der Waals surface area (Å²) in [5, 5.41) is 33.8. The van der Waals surface area contributed by atoms with Gasteiger partial charge in [-0.3, -0.25) is 28.8 Å². The molecule has 0 spiro atoms. The number of aliphatic hydroxyl groups is 1. The summed E-state index contributed by atoms with van der Waals surface area (Å²) in [6.45, 7) is 1.21. The number of carboxylic acid groups (broad SMARTS) is 2. The average Bonchev–Trinajstić information content (AvgIpc) is 2.71. The molecule has 0 rings (SSSR count). The number of hydrogen-bond acceptors (Lipinski definition) is 9. The van der Waals surface area contributed by atoms with E-state index in [4.69, 9.17) is 22.3 Å². The van der Waals surface area contributed by atoms with E-state index in [1.807, 2.05) is 5.32 Å². The van der Waals surface area contributed by atoms with Crippen LogP contribution in [0.1, 0.15) is 39.0 Å². The molecular formula is C18H30N6O10. The van der Waals surface area contributed by atoms with Crippen LogP contribution in [0.25, 0.3) is 0 Å². The highest BCUT2D eigenvalue weighted by atomic mass is 16.4. The van der Waals surface area contributed by atoms with Gasteiger partial charge in [-0.05, 0) is 19.8 Å². The molecule has 5 unspecified atom stereocenters. The zero-order valence-electron chi connectivity index (χ0n) is 18.4. The van der Waals surface area contributed by atoms with Gasteiger partial charge in [0.25, 0.3) is 0 Å². The van der Waals surface area contributed by atoms with E-state index in [1.54, 1.807) is 0 Å². The lowest BCUT2D eigenvalue weighted by Gasteiger charge is -2.25. The van der Waals surface area contributed by atoms with Crippen LogP contribution in [-0.2, 0) is 33.6 Å². The van der Waals surface area contributed by atoms with Gasteiger partial charge in [0.2, 0.25) is 29.5 Å². The van der Waals surface area contributed by atoms with E-state index in [0.717, 1.165) is 0 Å². The molecule has 0 bridgehead atoms. The lowest BCUT2D eigenvalue weighted by molar-refractivity contribution is -0.142. The van der Waals surface area contributed by atoms with Crippen molar-refractivity contribution < 1.29 is 48.9 Å². The van der Waals surface area contributed by atoms with Crippen LogP contribution in [0.15, 0.2) is 0 Å². The lowest BCUT2D eigenvalue weighted by atomic mass is 10.1. The molecule has 5 amide bonds. The molecule has 34 heavy (non-hydrogen) atoms. The summed E-state index contributed by atoms with van der Waals surface area (Å²) >= 11 is 0. The Hall–Kier alpha value is -3.79. The van der Waals surface area contributed by atoms with E-state index in [2.05, 4.69) is 10.6 Å². The van der Waals surface area contributed by atoms with Gasteiger partial charge in [-0.25, -0.2) is 4.79 Å². The second-order valence-electron chi connectivity index (χ2n) is 7.40. The van der Waals surface area contributed by atoms with Crippen molar-refractivity contribution in [2.75, 3.05) is 0 Å². The van der Waals surface area contributed by atoms with E-state index in [0.29, 0.717) is 0 Å². The average molecular weight is 490 g/mol. The number of carbonyl (C=O) groups excluding carboxylic acids is 5. The maximum Gasteiger partial charge on any atom is 0.326 e. The number of carboxylic acids is 2. The van der Waals surface area contributed by atoms with Gasteiger partial charge in [0.05, 0.1) is 12.5 Å². The highest BCUT2D eigenvalue weighted by Crippen LogP contribution is 2.04. The smallest absolute Gasteiger partial charge is 0.326 e. The minimum atomic E-state index is -1.70. The summed E-state index contributed by atoms with van der Waals surface area (Å²) in [7, 11) is 0. The molecule has 0 heterocycles. The summed E-state index contributed by atoms with van der Waals surface area (Å²) in [4.78, 5) is 81.8. The first-order valence-electron chi connectivity index (χ1n) is 10.0. The normalized spacial score (nSPS) is 15.0. The zero-order valence-corrected chi connectivity index (χ0v) is 18.4. The van der Waals surface area contributed by atoms with Crippen LogP contribution in [-0.4, -0.2) is 87.1 Å². The molecule has 0 aliphatic carbocycles. The van der Waals surface area contributed by atoms with Gasteiger partial charge in [0.1, 0.15) is 24.2 Å². The van der Waals surface area contributed by atoms with Crippen LogP contribution in [0, 0.1) is 0 Å². The number of nitrogens with one attached hydrogen (secondary N) is 3. The van der Waals surface area contributed by atoms with Crippen molar-refractivity contribution in [3.05, 3.63) is 0 Å². The van der Waals surface area contributed by atoms with Gasteiger partial charge < -0.3 is 48.5 Å². The SMILES string of the molecule is CC(O)C(N)C(=O)NC(CCC(=O)O)C(=O)NC(CC(N)=O)C(=O)NC(CCC(N)=O)C(=O)O. The molecule has 0 aromatic rings. The Morgan fingerprint density at radius 3 is 1.65 bits per heavy atom. The summed E-state index contributed by atoms with van der Waals surface area (Å²) < 4.78 is 0. The van der Waals surface area contributed by atoms with Gasteiger partial charge in [-0.15, -0.1) is 0 Å². The summed E-state index contributed by atoms with van der Waals surface area (Å²) in [5.74, 6) is -7.93. The fraction of sp³-hybridized carbons (Fsp3) is 0.611. The Morgan fingerprint density at radius 1 is 0.735 bits per heavy atom. The number of primary amides is 2. The molecule has 12 N–H and O–H groups in total. The van der Waals surface area contributed by atoms with Crippen LogP contribution in [0.4, 0.5) is 0 Å². The van der Waals surface area contributed by atoms with E-state index in [9.17, 15) is 43.8 Å². The molecule has 0 aromatic heterocycles. The van der Waals surface area contributed by atoms with Gasteiger partial charge in [-0.2, -0.15) is 0 Å². The van der Waals surface area contributed by atoms with Crippen molar-refractivity contribution in [2.24, 2.45) is 17.2 Å². The van der Waals surface area contributed by atoms with Gasteiger partial charge >= 0.3 is 11.9 Å². The van der Waals surface area contributed by atoms with Gasteiger partial charge in [0.15, 0.2) is 0 Å². The van der Waals surface area contributed by atoms with Crippen LogP contribution < -0.4 is 33.2 Å². The number of hydrogen-bond donors (Lipinski definition) is 9. The third kappa shape index (κ3) is 11.7. The predicted molar refractivity (Wildman–Crippen MR) is 112 cm³/mol. The van der Waals surface area contributed by atoms with Crippen molar-refractivity contribution in [3.63, 3.8) is 0 Å². The topological polar surface area (TPSA) is 294 Å². The summed E-state index contributed by atoms with van der Waals surface area (Å²) in [6, 6.07) is -6.28. The third-order valence-electron chi connectivity index (χ3n) is 4.43. The van der Waals surface area contributed by atoms with E-state index >= 15 is 0 Å². The molecular weight excluding hydrogens is 460 g/mol. The van der Waals surface area contributed by atoms with Gasteiger partial charge in [0, 0.05) is 12.8 Å². The second kappa shape index (κ2) is 14.4. The minimum Gasteiger partial charge on any atom is -0.481 e. The highest BCUT2D eigenvalue weighted by molar-refractivity contribution is 5.96. The highest BCUT2D eigenvalue weighted by Gasteiger charge is 2.32. The van der Waals surface area contributed by atoms with Crippen LogP contribution in [0.5, 0.6) is 0 Å². The zero-order chi connectivity index (χ0) is 26.6. The first-order valence-corrected chi connectivity index (χ1v) is 10.0. The number of carbonyl (C=O) groups is 7. The minimum absolute atomic E-state index is 0.373. The molecule has 0 saturated carbocycles. The van der Waals surface area contributed by atoms with E-state index in [1.165, 1.54) is 6.92 Å². The number of rotatable bonds is 16. The van der Waals surface area contributed by atoms with Crippen molar-refractivity contribution in [1.29, 1.82) is 0 Å². The molecule has 0 radical (unpaired) electrons. The molecule has 0 saturated heterocycles. The van der Waals surface area contributed by atoms with Crippen LogP contribution in [0.3, 0.4) is 0 Å². The fourth-order valence-corrected chi connectivity index (χ4v) is 2.52.